The molecule has 0 unspecified atom stereocenters. The predicted molar refractivity (Wildman–Crippen MR) is 134 cm³/mol. The van der Waals surface area contributed by atoms with Crippen LogP contribution in [0.25, 0.3) is 0 Å². The lowest BCUT2D eigenvalue weighted by molar-refractivity contribution is -0.116. The predicted octanol–water partition coefficient (Wildman–Crippen LogP) is 1.47. The molecule has 2 aliphatic rings. The third kappa shape index (κ3) is 5.11. The van der Waals surface area contributed by atoms with Crippen molar-refractivity contribution in [2.75, 3.05) is 60.2 Å². The van der Waals surface area contributed by atoms with Gasteiger partial charge in [0.05, 0.1) is 13.2 Å². The van der Waals surface area contributed by atoms with Crippen molar-refractivity contribution in [3.05, 3.63) is 45.1 Å². The number of morpholine rings is 1. The van der Waals surface area contributed by atoms with Gasteiger partial charge in [-0.15, -0.1) is 0 Å². The van der Waals surface area contributed by atoms with Gasteiger partial charge in [0.25, 0.3) is 5.56 Å². The maximum Gasteiger partial charge on any atom is 0.333 e. The molecule has 0 aliphatic carbocycles. The molecular weight excluding hydrogens is 436 g/mol. The number of rotatable bonds is 7. The van der Waals surface area contributed by atoms with Gasteiger partial charge >= 0.3 is 5.69 Å². The van der Waals surface area contributed by atoms with E-state index in [0.29, 0.717) is 50.6 Å². The molecule has 2 aromatic rings. The van der Waals surface area contributed by atoms with E-state index in [1.54, 1.807) is 0 Å². The van der Waals surface area contributed by atoms with E-state index in [9.17, 15) is 14.4 Å². The van der Waals surface area contributed by atoms with Crippen LogP contribution < -0.4 is 32.1 Å². The SMILES string of the molecule is CCCn1c(N)c(N2CCCCC2)c(=O)n(CC(=O)Nc2ccc(N3CCOCC3)cc2)c1=O. The Hall–Kier alpha value is -3.27. The molecule has 1 aromatic heterocycles. The third-order valence-electron chi connectivity index (χ3n) is 6.39. The molecule has 0 spiro atoms. The molecule has 1 amide bonds. The highest BCUT2D eigenvalue weighted by Gasteiger charge is 2.24. The fourth-order valence-corrected chi connectivity index (χ4v) is 4.62. The second-order valence-corrected chi connectivity index (χ2v) is 8.80. The number of hydrogen-bond acceptors (Lipinski definition) is 7. The maximum atomic E-state index is 13.3. The molecular formula is C24H34N6O4. The van der Waals surface area contributed by atoms with E-state index in [4.69, 9.17) is 10.5 Å². The van der Waals surface area contributed by atoms with Gasteiger partial charge in [-0.05, 0) is 49.9 Å². The molecule has 2 fully saturated rings. The number of piperidine rings is 1. The van der Waals surface area contributed by atoms with Crippen molar-refractivity contribution < 1.29 is 9.53 Å². The lowest BCUT2D eigenvalue weighted by atomic mass is 10.1. The molecule has 10 heteroatoms. The largest absolute Gasteiger partial charge is 0.383 e. The Labute approximate surface area is 198 Å². The topological polar surface area (TPSA) is 115 Å². The van der Waals surface area contributed by atoms with Gasteiger partial charge in [-0.25, -0.2) is 9.36 Å². The van der Waals surface area contributed by atoms with Crippen LogP contribution in [0, 0.1) is 0 Å². The van der Waals surface area contributed by atoms with Crippen LogP contribution in [0.2, 0.25) is 0 Å². The molecule has 2 saturated heterocycles. The zero-order chi connectivity index (χ0) is 24.1. The van der Waals surface area contributed by atoms with Gasteiger partial charge in [0.15, 0.2) is 0 Å². The molecule has 3 N–H and O–H groups in total. The summed E-state index contributed by atoms with van der Waals surface area (Å²) in [5.41, 5.74) is 7.23. The molecule has 0 saturated carbocycles. The molecule has 2 aliphatic heterocycles. The average Bonchev–Trinajstić information content (AvgIpc) is 2.86. The number of nitrogen functional groups attached to an aromatic ring is 1. The summed E-state index contributed by atoms with van der Waals surface area (Å²) in [6, 6.07) is 7.53. The minimum absolute atomic E-state index is 0.189. The van der Waals surface area contributed by atoms with Crippen LogP contribution in [-0.2, 0) is 22.6 Å². The van der Waals surface area contributed by atoms with E-state index < -0.39 is 17.2 Å². The van der Waals surface area contributed by atoms with Crippen molar-refractivity contribution in [1.29, 1.82) is 0 Å². The van der Waals surface area contributed by atoms with E-state index >= 15 is 0 Å². The third-order valence-corrected chi connectivity index (χ3v) is 6.39. The number of amides is 1. The minimum Gasteiger partial charge on any atom is -0.383 e. The van der Waals surface area contributed by atoms with Crippen LogP contribution in [0.1, 0.15) is 32.6 Å². The fraction of sp³-hybridized carbons (Fsp3) is 0.542. The maximum absolute atomic E-state index is 13.3. The van der Waals surface area contributed by atoms with Gasteiger partial charge in [-0.3, -0.25) is 14.2 Å². The summed E-state index contributed by atoms with van der Waals surface area (Å²) >= 11 is 0. The molecule has 0 bridgehead atoms. The Balaban J connectivity index is 1.55. The van der Waals surface area contributed by atoms with E-state index in [2.05, 4.69) is 10.2 Å². The van der Waals surface area contributed by atoms with Gasteiger partial charge in [0, 0.05) is 44.1 Å². The van der Waals surface area contributed by atoms with Crippen molar-refractivity contribution in [1.82, 2.24) is 9.13 Å². The number of nitrogens with two attached hydrogens (primary N) is 1. The van der Waals surface area contributed by atoms with Crippen molar-refractivity contribution in [2.24, 2.45) is 0 Å². The first-order valence-corrected chi connectivity index (χ1v) is 12.1. The smallest absolute Gasteiger partial charge is 0.333 e. The number of carbonyl (C=O) groups is 1. The Morgan fingerprint density at radius 3 is 2.29 bits per heavy atom. The summed E-state index contributed by atoms with van der Waals surface area (Å²) in [5, 5.41) is 2.81. The van der Waals surface area contributed by atoms with Crippen molar-refractivity contribution in [2.45, 2.75) is 45.7 Å². The molecule has 0 atom stereocenters. The number of ether oxygens (including phenoxy) is 1. The normalized spacial score (nSPS) is 16.5. The summed E-state index contributed by atoms with van der Waals surface area (Å²) in [4.78, 5) is 43.4. The van der Waals surface area contributed by atoms with Crippen LogP contribution in [0.3, 0.4) is 0 Å². The summed E-state index contributed by atoms with van der Waals surface area (Å²) < 4.78 is 7.81. The Kier molecular flexibility index (Phi) is 7.56. The highest BCUT2D eigenvalue weighted by Crippen LogP contribution is 2.22. The zero-order valence-electron chi connectivity index (χ0n) is 19.8. The molecule has 34 heavy (non-hydrogen) atoms. The first-order chi connectivity index (χ1) is 16.5. The molecule has 184 valence electrons. The Morgan fingerprint density at radius 1 is 0.971 bits per heavy atom. The van der Waals surface area contributed by atoms with Crippen LogP contribution in [0.4, 0.5) is 22.9 Å². The minimum atomic E-state index is -0.553. The second kappa shape index (κ2) is 10.8. The summed E-state index contributed by atoms with van der Waals surface area (Å²) in [7, 11) is 0. The lowest BCUT2D eigenvalue weighted by Gasteiger charge is -2.30. The van der Waals surface area contributed by atoms with Crippen molar-refractivity contribution in [3.8, 4) is 0 Å². The van der Waals surface area contributed by atoms with Crippen molar-refractivity contribution >= 4 is 28.8 Å². The molecule has 1 aromatic carbocycles. The van der Waals surface area contributed by atoms with E-state index in [-0.39, 0.29) is 12.4 Å². The fourth-order valence-electron chi connectivity index (χ4n) is 4.62. The van der Waals surface area contributed by atoms with Crippen LogP contribution in [0.5, 0.6) is 0 Å². The first kappa shape index (κ1) is 23.9. The number of nitrogens with one attached hydrogen (secondary N) is 1. The monoisotopic (exact) mass is 470 g/mol. The Bertz CT molecular complexity index is 1110. The highest BCUT2D eigenvalue weighted by atomic mass is 16.5. The molecule has 4 rings (SSSR count). The summed E-state index contributed by atoms with van der Waals surface area (Å²) in [5.74, 6) is -0.246. The number of hydrogen-bond donors (Lipinski definition) is 2. The number of benzene rings is 1. The molecule has 3 heterocycles. The second-order valence-electron chi connectivity index (χ2n) is 8.80. The number of anilines is 4. The van der Waals surface area contributed by atoms with Gasteiger partial charge < -0.3 is 25.6 Å². The van der Waals surface area contributed by atoms with Crippen LogP contribution >= 0.6 is 0 Å². The standard InChI is InChI=1S/C24H34N6O4/c1-2-10-29-22(25)21(28-11-4-3-5-12-28)23(32)30(24(29)33)17-20(31)26-18-6-8-19(9-7-18)27-13-15-34-16-14-27/h6-9H,2-5,10-17,25H2,1H3,(H,26,31). The first-order valence-electron chi connectivity index (χ1n) is 12.1. The zero-order valence-corrected chi connectivity index (χ0v) is 19.8. The Morgan fingerprint density at radius 2 is 1.65 bits per heavy atom. The number of carbonyl (C=O) groups excluding carboxylic acids is 1. The van der Waals surface area contributed by atoms with Gasteiger partial charge in [-0.2, -0.15) is 0 Å². The average molecular weight is 471 g/mol. The van der Waals surface area contributed by atoms with E-state index in [1.807, 2.05) is 36.1 Å². The highest BCUT2D eigenvalue weighted by molar-refractivity contribution is 5.90. The summed E-state index contributed by atoms with van der Waals surface area (Å²) in [6.07, 6.45) is 3.72. The van der Waals surface area contributed by atoms with Gasteiger partial charge in [0.1, 0.15) is 18.1 Å². The molecule has 10 nitrogen and oxygen atoms in total. The molecule has 0 radical (unpaired) electrons. The number of aromatic nitrogens is 2. The van der Waals surface area contributed by atoms with Crippen molar-refractivity contribution in [3.63, 3.8) is 0 Å². The van der Waals surface area contributed by atoms with Crippen LogP contribution in [-0.4, -0.2) is 54.4 Å². The van der Waals surface area contributed by atoms with Gasteiger partial charge in [-0.1, -0.05) is 6.92 Å². The lowest BCUT2D eigenvalue weighted by Crippen LogP contribution is -2.47. The van der Waals surface area contributed by atoms with E-state index in [0.717, 1.165) is 42.6 Å². The van der Waals surface area contributed by atoms with E-state index in [1.165, 1.54) is 4.57 Å². The summed E-state index contributed by atoms with van der Waals surface area (Å²) in [6.45, 7) is 6.44. The number of nitrogens with zero attached hydrogens (tertiary/aromatic N) is 4. The van der Waals surface area contributed by atoms with Crippen LogP contribution in [0.15, 0.2) is 33.9 Å². The quantitative estimate of drug-likeness (QED) is 0.630. The van der Waals surface area contributed by atoms with Gasteiger partial charge in [0.2, 0.25) is 5.91 Å².